The molecule has 0 aliphatic heterocycles. The first-order valence-electron chi connectivity index (χ1n) is 5.52. The third-order valence-corrected chi connectivity index (χ3v) is 3.07. The quantitative estimate of drug-likeness (QED) is 0.537. The Labute approximate surface area is 98.6 Å². The molecule has 0 bridgehead atoms. The molecule has 1 aromatic rings. The summed E-state index contributed by atoms with van der Waals surface area (Å²) in [6, 6.07) is 1.34. The van der Waals surface area contributed by atoms with Crippen molar-refractivity contribution in [2.45, 2.75) is 13.3 Å². The van der Waals surface area contributed by atoms with Crippen molar-refractivity contribution >= 4 is 11.7 Å². The van der Waals surface area contributed by atoms with Crippen LogP contribution in [0.3, 0.4) is 0 Å². The van der Waals surface area contributed by atoms with E-state index in [-0.39, 0.29) is 11.4 Å². The summed E-state index contributed by atoms with van der Waals surface area (Å²) in [5.41, 5.74) is 2.07. The molecule has 5 nitrogen and oxygen atoms in total. The van der Waals surface area contributed by atoms with Crippen LogP contribution in [0.15, 0.2) is 12.3 Å². The summed E-state index contributed by atoms with van der Waals surface area (Å²) in [5, 5.41) is 2.71. The second kappa shape index (κ2) is 4.67. The Hall–Kier alpha value is -1.69. The fraction of sp³-hybridized carbons (Fsp3) is 0.455. The molecule has 2 unspecified atom stereocenters. The summed E-state index contributed by atoms with van der Waals surface area (Å²) in [4.78, 5) is 15.4. The predicted octanol–water partition coefficient (Wildman–Crippen LogP) is 0.892. The molecule has 1 saturated carbocycles. The lowest BCUT2D eigenvalue weighted by Crippen LogP contribution is -2.27. The molecule has 0 radical (unpaired) electrons. The van der Waals surface area contributed by atoms with Gasteiger partial charge in [-0.2, -0.15) is 0 Å². The molecule has 1 aromatic heterocycles. The van der Waals surface area contributed by atoms with Gasteiger partial charge < -0.3 is 10.7 Å². The molecule has 1 aliphatic rings. The van der Waals surface area contributed by atoms with Gasteiger partial charge in [0, 0.05) is 12.7 Å². The maximum atomic E-state index is 13.7. The van der Waals surface area contributed by atoms with E-state index in [1.165, 1.54) is 12.3 Å². The van der Waals surface area contributed by atoms with Crippen LogP contribution >= 0.6 is 0 Å². The number of pyridine rings is 1. The number of nitrogens with one attached hydrogen (secondary N) is 2. The summed E-state index contributed by atoms with van der Waals surface area (Å²) in [6.07, 6.45) is 2.46. The lowest BCUT2D eigenvalue weighted by Gasteiger charge is -2.07. The number of amides is 1. The number of carbonyl (C=O) groups is 1. The SMILES string of the molecule is CC1CC1CNC(=O)c1ccnc(NN)c1F. The summed E-state index contributed by atoms with van der Waals surface area (Å²) < 4.78 is 13.7. The molecule has 6 heteroatoms. The number of nitrogens with two attached hydrogens (primary N) is 1. The maximum absolute atomic E-state index is 13.7. The van der Waals surface area contributed by atoms with Gasteiger partial charge in [-0.05, 0) is 24.3 Å². The Morgan fingerprint density at radius 1 is 1.71 bits per heavy atom. The van der Waals surface area contributed by atoms with Gasteiger partial charge in [-0.15, -0.1) is 0 Å². The van der Waals surface area contributed by atoms with Gasteiger partial charge in [0.05, 0.1) is 5.56 Å². The highest BCUT2D eigenvalue weighted by Gasteiger charge is 2.32. The van der Waals surface area contributed by atoms with E-state index in [0.29, 0.717) is 18.4 Å². The number of rotatable bonds is 4. The average molecular weight is 238 g/mol. The van der Waals surface area contributed by atoms with E-state index in [2.05, 4.69) is 22.7 Å². The van der Waals surface area contributed by atoms with Crippen molar-refractivity contribution in [1.29, 1.82) is 0 Å². The van der Waals surface area contributed by atoms with Crippen molar-refractivity contribution < 1.29 is 9.18 Å². The average Bonchev–Trinajstić information content (AvgIpc) is 3.03. The number of carbonyl (C=O) groups excluding carboxylic acids is 1. The minimum atomic E-state index is -0.726. The number of nitrogens with zero attached hydrogens (tertiary/aromatic N) is 1. The summed E-state index contributed by atoms with van der Waals surface area (Å²) in [5.74, 6) is 4.98. The van der Waals surface area contributed by atoms with Gasteiger partial charge in [0.1, 0.15) is 0 Å². The van der Waals surface area contributed by atoms with Crippen LogP contribution in [-0.2, 0) is 0 Å². The molecule has 4 N–H and O–H groups in total. The Morgan fingerprint density at radius 3 is 3.00 bits per heavy atom. The van der Waals surface area contributed by atoms with Crippen LogP contribution in [0.4, 0.5) is 10.2 Å². The van der Waals surface area contributed by atoms with Gasteiger partial charge in [-0.1, -0.05) is 6.92 Å². The van der Waals surface area contributed by atoms with Crippen molar-refractivity contribution in [2.75, 3.05) is 12.0 Å². The molecule has 1 fully saturated rings. The molecule has 1 aliphatic carbocycles. The predicted molar refractivity (Wildman–Crippen MR) is 61.6 cm³/mol. The van der Waals surface area contributed by atoms with Gasteiger partial charge >= 0.3 is 0 Å². The minimum Gasteiger partial charge on any atom is -0.352 e. The number of aromatic nitrogens is 1. The third kappa shape index (κ3) is 2.52. The van der Waals surface area contributed by atoms with E-state index in [1.54, 1.807) is 0 Å². The van der Waals surface area contributed by atoms with Crippen molar-refractivity contribution in [3.8, 4) is 0 Å². The zero-order valence-electron chi connectivity index (χ0n) is 9.53. The molecular formula is C11H15FN4O. The smallest absolute Gasteiger partial charge is 0.254 e. The van der Waals surface area contributed by atoms with Gasteiger partial charge in [0.2, 0.25) is 0 Å². The largest absolute Gasteiger partial charge is 0.352 e. The zero-order chi connectivity index (χ0) is 12.4. The Bertz CT molecular complexity index is 437. The van der Waals surface area contributed by atoms with Crippen LogP contribution in [0.2, 0.25) is 0 Å². The van der Waals surface area contributed by atoms with Crippen molar-refractivity contribution in [3.05, 3.63) is 23.6 Å². The number of hydrogen-bond acceptors (Lipinski definition) is 4. The minimum absolute atomic E-state index is 0.0405. The molecule has 92 valence electrons. The number of nitrogen functional groups attached to an aromatic ring is 1. The third-order valence-electron chi connectivity index (χ3n) is 3.07. The molecule has 2 atom stereocenters. The number of halogens is 1. The van der Waals surface area contributed by atoms with Crippen LogP contribution in [-0.4, -0.2) is 17.4 Å². The lowest BCUT2D eigenvalue weighted by atomic mass is 10.2. The van der Waals surface area contributed by atoms with Gasteiger partial charge in [-0.3, -0.25) is 4.79 Å². The number of anilines is 1. The number of hydrazine groups is 1. The van der Waals surface area contributed by atoms with Crippen LogP contribution in [0.1, 0.15) is 23.7 Å². The monoisotopic (exact) mass is 238 g/mol. The van der Waals surface area contributed by atoms with Gasteiger partial charge in [0.25, 0.3) is 5.91 Å². The van der Waals surface area contributed by atoms with Crippen molar-refractivity contribution in [3.63, 3.8) is 0 Å². The lowest BCUT2D eigenvalue weighted by molar-refractivity contribution is 0.0947. The first kappa shape index (κ1) is 11.8. The van der Waals surface area contributed by atoms with E-state index in [0.717, 1.165) is 6.42 Å². The van der Waals surface area contributed by atoms with E-state index >= 15 is 0 Å². The second-order valence-corrected chi connectivity index (χ2v) is 4.35. The Morgan fingerprint density at radius 2 is 2.41 bits per heavy atom. The molecule has 2 rings (SSSR count). The van der Waals surface area contributed by atoms with Crippen LogP contribution < -0.4 is 16.6 Å². The first-order chi connectivity index (χ1) is 8.13. The molecule has 0 saturated heterocycles. The second-order valence-electron chi connectivity index (χ2n) is 4.35. The fourth-order valence-electron chi connectivity index (χ4n) is 1.72. The molecule has 0 spiro atoms. The Balaban J connectivity index is 2.03. The summed E-state index contributed by atoms with van der Waals surface area (Å²) >= 11 is 0. The van der Waals surface area contributed by atoms with Crippen LogP contribution in [0.25, 0.3) is 0 Å². The Kier molecular flexibility index (Phi) is 3.23. The molecule has 1 heterocycles. The van der Waals surface area contributed by atoms with Crippen LogP contribution in [0, 0.1) is 17.7 Å². The highest BCUT2D eigenvalue weighted by atomic mass is 19.1. The number of hydrogen-bond donors (Lipinski definition) is 3. The van der Waals surface area contributed by atoms with Gasteiger partial charge in [0.15, 0.2) is 11.6 Å². The van der Waals surface area contributed by atoms with E-state index in [4.69, 9.17) is 5.84 Å². The van der Waals surface area contributed by atoms with Crippen molar-refractivity contribution in [1.82, 2.24) is 10.3 Å². The van der Waals surface area contributed by atoms with E-state index < -0.39 is 11.7 Å². The molecular weight excluding hydrogens is 223 g/mol. The van der Waals surface area contributed by atoms with Gasteiger partial charge in [-0.25, -0.2) is 15.2 Å². The van der Waals surface area contributed by atoms with E-state index in [1.807, 2.05) is 0 Å². The highest BCUT2D eigenvalue weighted by molar-refractivity contribution is 5.95. The molecule has 1 amide bonds. The van der Waals surface area contributed by atoms with Crippen LogP contribution in [0.5, 0.6) is 0 Å². The first-order valence-corrected chi connectivity index (χ1v) is 5.52. The normalized spacial score (nSPS) is 22.1. The zero-order valence-corrected chi connectivity index (χ0v) is 9.53. The standard InChI is InChI=1S/C11H15FN4O/c1-6-4-7(6)5-15-11(17)8-2-3-14-10(16-13)9(8)12/h2-3,6-7H,4-5,13H2,1H3,(H,14,16)(H,15,17). The summed E-state index contributed by atoms with van der Waals surface area (Å²) in [6.45, 7) is 2.72. The topological polar surface area (TPSA) is 80.0 Å². The highest BCUT2D eigenvalue weighted by Crippen LogP contribution is 2.36. The summed E-state index contributed by atoms with van der Waals surface area (Å²) in [7, 11) is 0. The molecule has 0 aromatic carbocycles. The molecule has 17 heavy (non-hydrogen) atoms. The fourth-order valence-corrected chi connectivity index (χ4v) is 1.72. The van der Waals surface area contributed by atoms with E-state index in [9.17, 15) is 9.18 Å². The maximum Gasteiger partial charge on any atom is 0.254 e. The van der Waals surface area contributed by atoms with Crippen molar-refractivity contribution in [2.24, 2.45) is 17.7 Å².